The number of carboxylic acid groups (broad SMARTS) is 2. The van der Waals surface area contributed by atoms with Crippen LogP contribution in [0.2, 0.25) is 0 Å². The lowest BCUT2D eigenvalue weighted by Crippen LogP contribution is -2.38. The maximum Gasteiger partial charge on any atom is 0.310 e. The molecule has 0 amide bonds. The lowest BCUT2D eigenvalue weighted by molar-refractivity contribution is -0.154. The zero-order valence-electron chi connectivity index (χ0n) is 6.84. The first kappa shape index (κ1) is 8.50. The molecular weight excluding hydrogens is 176 g/mol. The van der Waals surface area contributed by atoms with Crippen molar-refractivity contribution < 1.29 is 24.5 Å². The summed E-state index contributed by atoms with van der Waals surface area (Å²) in [4.78, 5) is 21.5. The fourth-order valence-corrected chi connectivity index (χ4v) is 2.31. The molecule has 0 saturated carbocycles. The number of ether oxygens (including phenoxy) is 1. The van der Waals surface area contributed by atoms with Crippen molar-refractivity contribution in [3.05, 3.63) is 0 Å². The quantitative estimate of drug-likeness (QED) is 0.631. The summed E-state index contributed by atoms with van der Waals surface area (Å²) in [6.45, 7) is 0. The van der Waals surface area contributed by atoms with Crippen molar-refractivity contribution in [2.75, 3.05) is 0 Å². The third-order valence-corrected chi connectivity index (χ3v) is 2.84. The molecular formula is C8H10O5. The van der Waals surface area contributed by atoms with Gasteiger partial charge in [0.25, 0.3) is 0 Å². The minimum atomic E-state index is -1.06. The van der Waals surface area contributed by atoms with Crippen LogP contribution in [0.5, 0.6) is 0 Å². The van der Waals surface area contributed by atoms with Crippen LogP contribution in [0.1, 0.15) is 12.8 Å². The highest BCUT2D eigenvalue weighted by molar-refractivity contribution is 5.82. The van der Waals surface area contributed by atoms with E-state index in [0.717, 1.165) is 0 Å². The zero-order chi connectivity index (χ0) is 9.59. The number of carboxylic acids is 2. The number of hydrogen-bond donors (Lipinski definition) is 2. The minimum absolute atomic E-state index is 0.386. The molecule has 5 nitrogen and oxygen atoms in total. The Hall–Kier alpha value is -1.10. The summed E-state index contributed by atoms with van der Waals surface area (Å²) in [7, 11) is 0. The normalized spacial score (nSPS) is 42.2. The second-order valence-corrected chi connectivity index (χ2v) is 3.52. The van der Waals surface area contributed by atoms with E-state index in [9.17, 15) is 9.59 Å². The van der Waals surface area contributed by atoms with Gasteiger partial charge in [-0.05, 0) is 12.8 Å². The number of hydrogen-bond acceptors (Lipinski definition) is 3. The van der Waals surface area contributed by atoms with E-state index in [2.05, 4.69) is 0 Å². The summed E-state index contributed by atoms with van der Waals surface area (Å²) in [5, 5.41) is 17.6. The molecule has 0 aromatic carbocycles. The molecule has 13 heavy (non-hydrogen) atoms. The largest absolute Gasteiger partial charge is 0.481 e. The molecule has 0 aromatic heterocycles. The van der Waals surface area contributed by atoms with Gasteiger partial charge in [0.1, 0.15) is 0 Å². The van der Waals surface area contributed by atoms with Gasteiger partial charge in [0.2, 0.25) is 0 Å². The summed E-state index contributed by atoms with van der Waals surface area (Å²) >= 11 is 0. The summed E-state index contributed by atoms with van der Waals surface area (Å²) in [6.07, 6.45) is 0.573. The molecule has 2 saturated heterocycles. The van der Waals surface area contributed by atoms with Gasteiger partial charge in [-0.3, -0.25) is 9.59 Å². The molecule has 0 aromatic rings. The highest BCUT2D eigenvalue weighted by Crippen LogP contribution is 2.43. The van der Waals surface area contributed by atoms with Gasteiger partial charge in [-0.2, -0.15) is 0 Å². The summed E-state index contributed by atoms with van der Waals surface area (Å²) in [5.41, 5.74) is 0. The van der Waals surface area contributed by atoms with Gasteiger partial charge in [-0.1, -0.05) is 0 Å². The van der Waals surface area contributed by atoms with Crippen molar-refractivity contribution in [1.82, 2.24) is 0 Å². The van der Waals surface area contributed by atoms with Gasteiger partial charge in [0.15, 0.2) is 0 Å². The van der Waals surface area contributed by atoms with E-state index in [4.69, 9.17) is 14.9 Å². The number of carbonyl (C=O) groups is 2. The van der Waals surface area contributed by atoms with Crippen molar-refractivity contribution in [3.8, 4) is 0 Å². The predicted molar refractivity (Wildman–Crippen MR) is 40.1 cm³/mol. The predicted octanol–water partition coefficient (Wildman–Crippen LogP) is -0.0508. The van der Waals surface area contributed by atoms with Gasteiger partial charge in [0.05, 0.1) is 24.0 Å². The van der Waals surface area contributed by atoms with E-state index in [-0.39, 0.29) is 12.2 Å². The van der Waals surface area contributed by atoms with E-state index in [0.29, 0.717) is 12.8 Å². The van der Waals surface area contributed by atoms with Crippen molar-refractivity contribution in [3.63, 3.8) is 0 Å². The maximum atomic E-state index is 10.8. The molecule has 2 bridgehead atoms. The number of rotatable bonds is 2. The third-order valence-electron chi connectivity index (χ3n) is 2.84. The summed E-state index contributed by atoms with van der Waals surface area (Å²) in [6, 6.07) is 0. The van der Waals surface area contributed by atoms with E-state index in [1.54, 1.807) is 0 Å². The highest BCUT2D eigenvalue weighted by Gasteiger charge is 2.55. The van der Waals surface area contributed by atoms with Crippen LogP contribution < -0.4 is 0 Å². The standard InChI is InChI=1S/C8H10O5/c9-7(10)5-3-1-2-4(13-3)6(5)8(11)12/h3-6H,1-2H2,(H,9,10)(H,11,12)/t3-,4?,5-,6+/m1/s1. The Labute approximate surface area is 74.3 Å². The molecule has 1 unspecified atom stereocenters. The van der Waals surface area contributed by atoms with Crippen molar-refractivity contribution in [2.45, 2.75) is 25.0 Å². The van der Waals surface area contributed by atoms with E-state index < -0.39 is 23.8 Å². The minimum Gasteiger partial charge on any atom is -0.481 e. The summed E-state index contributed by atoms with van der Waals surface area (Å²) in [5.74, 6) is -3.81. The molecule has 5 heteroatoms. The zero-order valence-corrected chi connectivity index (χ0v) is 6.84. The van der Waals surface area contributed by atoms with Crippen LogP contribution in [-0.4, -0.2) is 34.4 Å². The smallest absolute Gasteiger partial charge is 0.310 e. The Morgan fingerprint density at radius 1 is 1.00 bits per heavy atom. The molecule has 2 aliphatic heterocycles. The van der Waals surface area contributed by atoms with E-state index in [1.807, 2.05) is 0 Å². The monoisotopic (exact) mass is 186 g/mol. The summed E-state index contributed by atoms with van der Waals surface area (Å²) < 4.78 is 5.26. The van der Waals surface area contributed by atoms with Crippen LogP contribution in [0.15, 0.2) is 0 Å². The van der Waals surface area contributed by atoms with Crippen LogP contribution in [0, 0.1) is 11.8 Å². The third kappa shape index (κ3) is 1.11. The van der Waals surface area contributed by atoms with Gasteiger partial charge in [0, 0.05) is 0 Å². The molecule has 0 aliphatic carbocycles. The Balaban J connectivity index is 2.24. The average Bonchev–Trinajstić information content (AvgIpc) is 2.60. The fraction of sp³-hybridized carbons (Fsp3) is 0.750. The van der Waals surface area contributed by atoms with Crippen molar-refractivity contribution in [1.29, 1.82) is 0 Å². The molecule has 2 rings (SSSR count). The second kappa shape index (κ2) is 2.70. The van der Waals surface area contributed by atoms with Gasteiger partial charge < -0.3 is 14.9 Å². The highest BCUT2D eigenvalue weighted by atomic mass is 16.5. The van der Waals surface area contributed by atoms with Crippen LogP contribution in [0.25, 0.3) is 0 Å². The lowest BCUT2D eigenvalue weighted by atomic mass is 9.79. The molecule has 0 radical (unpaired) electrons. The van der Waals surface area contributed by atoms with Gasteiger partial charge >= 0.3 is 11.9 Å². The maximum absolute atomic E-state index is 10.8. The molecule has 2 fully saturated rings. The Bertz CT molecular complexity index is 235. The first-order valence-corrected chi connectivity index (χ1v) is 4.22. The van der Waals surface area contributed by atoms with Crippen LogP contribution in [0.3, 0.4) is 0 Å². The van der Waals surface area contributed by atoms with Crippen molar-refractivity contribution in [2.24, 2.45) is 11.8 Å². The van der Waals surface area contributed by atoms with E-state index >= 15 is 0 Å². The molecule has 0 spiro atoms. The number of aliphatic carboxylic acids is 2. The first-order chi connectivity index (χ1) is 6.11. The Morgan fingerprint density at radius 3 is 1.69 bits per heavy atom. The average molecular weight is 186 g/mol. The molecule has 2 aliphatic rings. The van der Waals surface area contributed by atoms with Crippen molar-refractivity contribution >= 4 is 11.9 Å². The van der Waals surface area contributed by atoms with E-state index in [1.165, 1.54) is 0 Å². The Morgan fingerprint density at radius 2 is 1.38 bits per heavy atom. The second-order valence-electron chi connectivity index (χ2n) is 3.52. The molecule has 72 valence electrons. The van der Waals surface area contributed by atoms with Gasteiger partial charge in [-0.15, -0.1) is 0 Å². The van der Waals surface area contributed by atoms with Crippen LogP contribution in [0.4, 0.5) is 0 Å². The SMILES string of the molecule is O=C(O)[C@@H]1[C@H]2CCC(O2)[C@@H]1C(=O)O. The molecule has 2 heterocycles. The lowest BCUT2D eigenvalue weighted by Gasteiger charge is -2.20. The number of fused-ring (bicyclic) bond motifs is 2. The van der Waals surface area contributed by atoms with Gasteiger partial charge in [-0.25, -0.2) is 0 Å². The molecule has 4 atom stereocenters. The Kier molecular flexibility index (Phi) is 1.76. The van der Waals surface area contributed by atoms with Crippen LogP contribution in [-0.2, 0) is 14.3 Å². The molecule has 2 N–H and O–H groups in total. The van der Waals surface area contributed by atoms with Crippen LogP contribution >= 0.6 is 0 Å². The first-order valence-electron chi connectivity index (χ1n) is 4.22. The fourth-order valence-electron chi connectivity index (χ4n) is 2.31. The topological polar surface area (TPSA) is 83.8 Å².